The zero-order valence-electron chi connectivity index (χ0n) is 4.84. The predicted molar refractivity (Wildman–Crippen MR) is 27.1 cm³/mol. The van der Waals surface area contributed by atoms with Gasteiger partial charge in [-0.05, 0) is 7.05 Å². The molecule has 1 atom stereocenters. The summed E-state index contributed by atoms with van der Waals surface area (Å²) < 4.78 is 4.15. The van der Waals surface area contributed by atoms with Crippen molar-refractivity contribution in [2.45, 2.75) is 6.23 Å². The standard InChI is InChI=1S/C4H9NO3/c1-5-3(6)4(7)8-2/h3,5-6H,1-2H3. The van der Waals surface area contributed by atoms with Gasteiger partial charge in [-0.2, -0.15) is 0 Å². The van der Waals surface area contributed by atoms with Crippen LogP contribution in [0.2, 0.25) is 0 Å². The maximum absolute atomic E-state index is 10.2. The Labute approximate surface area is 47.5 Å². The van der Waals surface area contributed by atoms with Gasteiger partial charge in [-0.25, -0.2) is 4.79 Å². The molecular weight excluding hydrogens is 110 g/mol. The molecule has 0 aromatic carbocycles. The van der Waals surface area contributed by atoms with Gasteiger partial charge >= 0.3 is 5.97 Å². The largest absolute Gasteiger partial charge is 0.466 e. The first-order valence-electron chi connectivity index (χ1n) is 2.15. The third kappa shape index (κ3) is 1.90. The second-order valence-corrected chi connectivity index (χ2v) is 1.21. The lowest BCUT2D eigenvalue weighted by Crippen LogP contribution is -2.34. The zero-order chi connectivity index (χ0) is 6.57. The molecule has 0 aromatic heterocycles. The highest BCUT2D eigenvalue weighted by Gasteiger charge is 2.10. The van der Waals surface area contributed by atoms with Gasteiger partial charge in [0.2, 0.25) is 6.23 Å². The number of esters is 1. The molecule has 1 unspecified atom stereocenters. The first-order valence-corrected chi connectivity index (χ1v) is 2.15. The van der Waals surface area contributed by atoms with E-state index in [1.807, 2.05) is 0 Å². The predicted octanol–water partition coefficient (Wildman–Crippen LogP) is -1.30. The van der Waals surface area contributed by atoms with Gasteiger partial charge in [-0.1, -0.05) is 0 Å². The Kier molecular flexibility index (Phi) is 3.14. The number of ether oxygens (including phenoxy) is 1. The molecule has 0 rings (SSSR count). The zero-order valence-corrected chi connectivity index (χ0v) is 4.84. The molecule has 48 valence electrons. The van der Waals surface area contributed by atoms with Gasteiger partial charge in [-0.15, -0.1) is 0 Å². The summed E-state index contributed by atoms with van der Waals surface area (Å²) in [5.74, 6) is -0.674. The highest BCUT2D eigenvalue weighted by atomic mass is 16.5. The molecule has 0 radical (unpaired) electrons. The number of methoxy groups -OCH3 is 1. The van der Waals surface area contributed by atoms with Crippen molar-refractivity contribution in [1.29, 1.82) is 0 Å². The summed E-state index contributed by atoms with van der Waals surface area (Å²) in [5, 5.41) is 10.8. The number of aliphatic hydroxyl groups is 1. The van der Waals surface area contributed by atoms with Crippen LogP contribution in [0.3, 0.4) is 0 Å². The van der Waals surface area contributed by atoms with Crippen LogP contribution in [-0.2, 0) is 9.53 Å². The van der Waals surface area contributed by atoms with E-state index < -0.39 is 12.2 Å². The molecule has 0 aliphatic heterocycles. The van der Waals surface area contributed by atoms with Crippen molar-refractivity contribution in [2.24, 2.45) is 0 Å². The normalized spacial score (nSPS) is 12.9. The van der Waals surface area contributed by atoms with Crippen molar-refractivity contribution in [1.82, 2.24) is 5.32 Å². The van der Waals surface area contributed by atoms with Crippen LogP contribution in [0.5, 0.6) is 0 Å². The molecule has 0 saturated carbocycles. The van der Waals surface area contributed by atoms with Gasteiger partial charge in [0.15, 0.2) is 0 Å². The molecule has 0 heterocycles. The minimum absolute atomic E-state index is 0.674. The van der Waals surface area contributed by atoms with E-state index in [0.717, 1.165) is 0 Å². The number of hydrogen-bond donors (Lipinski definition) is 2. The lowest BCUT2D eigenvalue weighted by atomic mass is 10.6. The van der Waals surface area contributed by atoms with Crippen LogP contribution in [0, 0.1) is 0 Å². The summed E-state index contributed by atoms with van der Waals surface area (Å²) >= 11 is 0. The molecule has 0 spiro atoms. The lowest BCUT2D eigenvalue weighted by molar-refractivity contribution is -0.151. The number of likely N-dealkylation sites (N-methyl/N-ethyl adjacent to an activating group) is 1. The van der Waals surface area contributed by atoms with Gasteiger partial charge in [0, 0.05) is 0 Å². The third-order valence-electron chi connectivity index (χ3n) is 0.698. The van der Waals surface area contributed by atoms with Gasteiger partial charge in [0.05, 0.1) is 7.11 Å². The monoisotopic (exact) mass is 119 g/mol. The van der Waals surface area contributed by atoms with Crippen LogP contribution in [0.25, 0.3) is 0 Å². The Morgan fingerprint density at radius 2 is 2.38 bits per heavy atom. The van der Waals surface area contributed by atoms with E-state index in [0.29, 0.717) is 0 Å². The number of rotatable bonds is 2. The van der Waals surface area contributed by atoms with Crippen molar-refractivity contribution in [3.05, 3.63) is 0 Å². The number of hydrogen-bond acceptors (Lipinski definition) is 4. The number of nitrogens with one attached hydrogen (secondary N) is 1. The Balaban J connectivity index is 3.46. The van der Waals surface area contributed by atoms with Crippen molar-refractivity contribution in [2.75, 3.05) is 14.2 Å². The lowest BCUT2D eigenvalue weighted by Gasteiger charge is -2.03. The smallest absolute Gasteiger partial charge is 0.350 e. The third-order valence-corrected chi connectivity index (χ3v) is 0.698. The van der Waals surface area contributed by atoms with Crippen molar-refractivity contribution in [3.8, 4) is 0 Å². The Morgan fingerprint density at radius 3 is 2.50 bits per heavy atom. The van der Waals surface area contributed by atoms with Crippen LogP contribution in [-0.4, -0.2) is 31.5 Å². The molecule has 2 N–H and O–H groups in total. The van der Waals surface area contributed by atoms with E-state index >= 15 is 0 Å². The Hall–Kier alpha value is -0.610. The fourth-order valence-electron chi connectivity index (χ4n) is 0.229. The van der Waals surface area contributed by atoms with Gasteiger partial charge in [0.1, 0.15) is 0 Å². The summed E-state index contributed by atoms with van der Waals surface area (Å²) in [5.41, 5.74) is 0. The summed E-state index contributed by atoms with van der Waals surface area (Å²) in [6.45, 7) is 0. The first kappa shape index (κ1) is 7.39. The van der Waals surface area contributed by atoms with Gasteiger partial charge < -0.3 is 9.84 Å². The topological polar surface area (TPSA) is 58.6 Å². The maximum atomic E-state index is 10.2. The highest BCUT2D eigenvalue weighted by Crippen LogP contribution is 1.77. The maximum Gasteiger partial charge on any atom is 0.350 e. The number of aliphatic hydroxyl groups excluding tert-OH is 1. The minimum atomic E-state index is -1.19. The molecular formula is C4H9NO3. The van der Waals surface area contributed by atoms with Crippen molar-refractivity contribution >= 4 is 5.97 Å². The summed E-state index contributed by atoms with van der Waals surface area (Å²) in [6.07, 6.45) is -1.19. The SMILES string of the molecule is CNC(O)C(=O)OC. The van der Waals surface area contributed by atoms with Crippen LogP contribution in [0.4, 0.5) is 0 Å². The molecule has 0 aromatic rings. The van der Waals surface area contributed by atoms with Crippen molar-refractivity contribution < 1.29 is 14.6 Å². The number of carbonyl (C=O) groups excluding carboxylic acids is 1. The van der Waals surface area contributed by atoms with Gasteiger partial charge in [0.25, 0.3) is 0 Å². The van der Waals surface area contributed by atoms with E-state index in [-0.39, 0.29) is 0 Å². The summed E-state index contributed by atoms with van der Waals surface area (Å²) in [6, 6.07) is 0. The Bertz CT molecular complexity index is 83.4. The molecule has 0 saturated heterocycles. The van der Waals surface area contributed by atoms with Gasteiger partial charge in [-0.3, -0.25) is 5.32 Å². The average molecular weight is 119 g/mol. The molecule has 8 heavy (non-hydrogen) atoms. The number of carbonyl (C=O) groups is 1. The van der Waals surface area contributed by atoms with E-state index in [1.165, 1.54) is 14.2 Å². The fraction of sp³-hybridized carbons (Fsp3) is 0.750. The summed E-state index contributed by atoms with van der Waals surface area (Å²) in [4.78, 5) is 10.2. The van der Waals surface area contributed by atoms with E-state index in [1.54, 1.807) is 0 Å². The van der Waals surface area contributed by atoms with Crippen LogP contribution >= 0.6 is 0 Å². The quantitative estimate of drug-likeness (QED) is 0.350. The molecule has 0 aliphatic carbocycles. The highest BCUT2D eigenvalue weighted by molar-refractivity contribution is 5.73. The van der Waals surface area contributed by atoms with Crippen LogP contribution in [0.15, 0.2) is 0 Å². The van der Waals surface area contributed by atoms with E-state index in [4.69, 9.17) is 5.11 Å². The molecule has 0 amide bonds. The first-order chi connectivity index (χ1) is 3.72. The van der Waals surface area contributed by atoms with Crippen LogP contribution in [0.1, 0.15) is 0 Å². The fourth-order valence-corrected chi connectivity index (χ4v) is 0.229. The second kappa shape index (κ2) is 3.40. The Morgan fingerprint density at radius 1 is 1.88 bits per heavy atom. The van der Waals surface area contributed by atoms with E-state index in [2.05, 4.69) is 10.1 Å². The average Bonchev–Trinajstić information content (AvgIpc) is 1.84. The van der Waals surface area contributed by atoms with Crippen LogP contribution < -0.4 is 5.32 Å². The molecule has 4 nitrogen and oxygen atoms in total. The second-order valence-electron chi connectivity index (χ2n) is 1.21. The molecule has 4 heteroatoms. The molecule has 0 bridgehead atoms. The van der Waals surface area contributed by atoms with E-state index in [9.17, 15) is 4.79 Å². The molecule has 0 aliphatic rings. The molecule has 0 fully saturated rings. The van der Waals surface area contributed by atoms with Crippen molar-refractivity contribution in [3.63, 3.8) is 0 Å². The summed E-state index contributed by atoms with van der Waals surface area (Å²) in [7, 11) is 2.67. The minimum Gasteiger partial charge on any atom is -0.466 e.